The van der Waals surface area contributed by atoms with Crippen LogP contribution in [0.15, 0.2) is 18.2 Å². The molecule has 0 aromatic heterocycles. The summed E-state index contributed by atoms with van der Waals surface area (Å²) >= 11 is 0. The lowest BCUT2D eigenvalue weighted by Gasteiger charge is -2.39. The van der Waals surface area contributed by atoms with Gasteiger partial charge in [-0.15, -0.1) is 0 Å². The minimum Gasteiger partial charge on any atom is -0.413 e. The molecular weight excluding hydrogens is 333 g/mol. The van der Waals surface area contributed by atoms with Gasteiger partial charge in [-0.05, 0) is 54.6 Å². The van der Waals surface area contributed by atoms with Gasteiger partial charge in [-0.25, -0.2) is 0 Å². The summed E-state index contributed by atoms with van der Waals surface area (Å²) in [5, 5.41) is 10.4. The maximum absolute atomic E-state index is 13.4. The van der Waals surface area contributed by atoms with Gasteiger partial charge in [-0.3, -0.25) is 0 Å². The normalized spacial score (nSPS) is 18.4. The Balaban J connectivity index is 2.28. The van der Waals surface area contributed by atoms with E-state index >= 15 is 0 Å². The molecule has 0 atom stereocenters. The summed E-state index contributed by atoms with van der Waals surface area (Å²) in [4.78, 5) is 0. The Morgan fingerprint density at radius 2 is 1.75 bits per heavy atom. The summed E-state index contributed by atoms with van der Waals surface area (Å²) in [6, 6.07) is 4.21. The van der Waals surface area contributed by atoms with E-state index in [9.17, 15) is 18.3 Å². The highest BCUT2D eigenvalue weighted by molar-refractivity contribution is 6.74. The van der Waals surface area contributed by atoms with E-state index in [2.05, 4.69) is 33.9 Å². The molecule has 0 bridgehead atoms. The van der Waals surface area contributed by atoms with E-state index < -0.39 is 25.7 Å². The summed E-state index contributed by atoms with van der Waals surface area (Å²) in [5.74, 6) is 0. The predicted octanol–water partition coefficient (Wildman–Crippen LogP) is 5.60. The molecule has 1 N–H and O–H groups in total. The molecule has 136 valence electrons. The van der Waals surface area contributed by atoms with E-state index in [-0.39, 0.29) is 17.2 Å². The van der Waals surface area contributed by atoms with Crippen LogP contribution in [0, 0.1) is 0 Å². The van der Waals surface area contributed by atoms with Crippen molar-refractivity contribution in [3.63, 3.8) is 0 Å². The first-order valence-electron chi connectivity index (χ1n) is 8.33. The van der Waals surface area contributed by atoms with Gasteiger partial charge in [-0.1, -0.05) is 32.9 Å². The Morgan fingerprint density at radius 1 is 1.17 bits per heavy atom. The zero-order valence-corrected chi connectivity index (χ0v) is 16.0. The molecule has 1 saturated carbocycles. The zero-order chi connectivity index (χ0) is 18.4. The number of benzene rings is 1. The number of rotatable bonds is 4. The van der Waals surface area contributed by atoms with Crippen molar-refractivity contribution in [2.45, 2.75) is 76.6 Å². The Morgan fingerprint density at radius 3 is 2.17 bits per heavy atom. The van der Waals surface area contributed by atoms with Crippen LogP contribution in [0.4, 0.5) is 13.2 Å². The van der Waals surface area contributed by atoms with Gasteiger partial charge in [0.15, 0.2) is 8.32 Å². The standard InChI is InChI=1S/C18H27F3O2Si/c1-16(2,3)24(4,5)23-12-13-7-8-14(17(22)9-6-10-17)15(11-13)18(19,20)21/h7-8,11,22H,6,9-10,12H2,1-5H3. The third kappa shape index (κ3) is 3.86. The molecule has 1 aromatic carbocycles. The zero-order valence-electron chi connectivity index (χ0n) is 15.0. The van der Waals surface area contributed by atoms with E-state index in [1.807, 2.05) is 0 Å². The fraction of sp³-hybridized carbons (Fsp3) is 0.667. The Hall–Kier alpha value is -0.853. The molecule has 1 aliphatic rings. The van der Waals surface area contributed by atoms with Gasteiger partial charge in [0.25, 0.3) is 0 Å². The lowest BCUT2D eigenvalue weighted by atomic mass is 9.73. The topological polar surface area (TPSA) is 29.5 Å². The highest BCUT2D eigenvalue weighted by Crippen LogP contribution is 2.46. The fourth-order valence-electron chi connectivity index (χ4n) is 2.58. The first kappa shape index (κ1) is 19.5. The highest BCUT2D eigenvalue weighted by atomic mass is 28.4. The van der Waals surface area contributed by atoms with Crippen molar-refractivity contribution in [2.75, 3.05) is 0 Å². The number of halogens is 3. The first-order chi connectivity index (χ1) is 10.8. The van der Waals surface area contributed by atoms with Crippen molar-refractivity contribution in [3.05, 3.63) is 34.9 Å². The van der Waals surface area contributed by atoms with Crippen LogP contribution >= 0.6 is 0 Å². The van der Waals surface area contributed by atoms with Crippen molar-refractivity contribution >= 4 is 8.32 Å². The molecule has 0 unspecified atom stereocenters. The van der Waals surface area contributed by atoms with Gasteiger partial charge in [0.2, 0.25) is 0 Å². The summed E-state index contributed by atoms with van der Waals surface area (Å²) in [6.45, 7) is 10.6. The summed E-state index contributed by atoms with van der Waals surface area (Å²) in [5.41, 5.74) is -1.57. The predicted molar refractivity (Wildman–Crippen MR) is 91.2 cm³/mol. The minimum atomic E-state index is -4.48. The third-order valence-electron chi connectivity index (χ3n) is 5.48. The molecule has 0 heterocycles. The maximum atomic E-state index is 13.4. The van der Waals surface area contributed by atoms with Gasteiger partial charge < -0.3 is 9.53 Å². The Bertz CT molecular complexity index is 599. The van der Waals surface area contributed by atoms with Crippen LogP contribution in [-0.4, -0.2) is 13.4 Å². The van der Waals surface area contributed by atoms with Gasteiger partial charge >= 0.3 is 6.18 Å². The molecule has 2 nitrogen and oxygen atoms in total. The molecule has 1 aliphatic carbocycles. The van der Waals surface area contributed by atoms with Gasteiger partial charge in [-0.2, -0.15) is 13.2 Å². The van der Waals surface area contributed by atoms with Crippen LogP contribution in [0.5, 0.6) is 0 Å². The van der Waals surface area contributed by atoms with Gasteiger partial charge in [0.05, 0.1) is 17.8 Å². The molecule has 0 aliphatic heterocycles. The van der Waals surface area contributed by atoms with Crippen molar-refractivity contribution in [2.24, 2.45) is 0 Å². The Kier molecular flexibility index (Phi) is 4.99. The van der Waals surface area contributed by atoms with Crippen LogP contribution in [-0.2, 0) is 22.8 Å². The van der Waals surface area contributed by atoms with Crippen LogP contribution in [0.2, 0.25) is 18.1 Å². The summed E-state index contributed by atoms with van der Waals surface area (Å²) in [7, 11) is -2.03. The molecule has 6 heteroatoms. The van der Waals surface area contributed by atoms with Crippen LogP contribution < -0.4 is 0 Å². The second-order valence-electron chi connectivity index (χ2n) is 8.31. The third-order valence-corrected chi connectivity index (χ3v) is 9.96. The first-order valence-corrected chi connectivity index (χ1v) is 11.2. The average Bonchev–Trinajstić information content (AvgIpc) is 2.40. The molecule has 0 radical (unpaired) electrons. The van der Waals surface area contributed by atoms with E-state index in [0.717, 1.165) is 12.5 Å². The monoisotopic (exact) mass is 360 g/mol. The fourth-order valence-corrected chi connectivity index (χ4v) is 3.54. The molecule has 1 aromatic rings. The number of alkyl halides is 3. The molecule has 1 fully saturated rings. The molecular formula is C18H27F3O2Si. The number of hydrogen-bond donors (Lipinski definition) is 1. The molecule has 0 amide bonds. The van der Waals surface area contributed by atoms with Crippen LogP contribution in [0.3, 0.4) is 0 Å². The maximum Gasteiger partial charge on any atom is 0.416 e. The second-order valence-corrected chi connectivity index (χ2v) is 13.1. The quantitative estimate of drug-likeness (QED) is 0.708. The van der Waals surface area contributed by atoms with E-state index in [0.29, 0.717) is 18.4 Å². The van der Waals surface area contributed by atoms with Gasteiger partial charge in [0.1, 0.15) is 0 Å². The molecule has 0 spiro atoms. The van der Waals surface area contributed by atoms with Crippen molar-refractivity contribution in [1.29, 1.82) is 0 Å². The van der Waals surface area contributed by atoms with Gasteiger partial charge in [0, 0.05) is 0 Å². The number of hydrogen-bond acceptors (Lipinski definition) is 2. The lowest BCUT2D eigenvalue weighted by Crippen LogP contribution is -2.40. The molecule has 2 rings (SSSR count). The number of aliphatic hydroxyl groups is 1. The van der Waals surface area contributed by atoms with Crippen molar-refractivity contribution in [3.8, 4) is 0 Å². The highest BCUT2D eigenvalue weighted by Gasteiger charge is 2.44. The smallest absolute Gasteiger partial charge is 0.413 e. The van der Waals surface area contributed by atoms with E-state index in [4.69, 9.17) is 4.43 Å². The Labute approximate surface area is 143 Å². The minimum absolute atomic E-state index is 0.000878. The van der Waals surface area contributed by atoms with E-state index in [1.165, 1.54) is 6.07 Å². The summed E-state index contributed by atoms with van der Waals surface area (Å²) in [6.07, 6.45) is -2.95. The van der Waals surface area contributed by atoms with Crippen molar-refractivity contribution < 1.29 is 22.7 Å². The SMILES string of the molecule is CC(C)(C)[Si](C)(C)OCc1ccc(C2(O)CCC2)c(C(F)(F)F)c1. The largest absolute Gasteiger partial charge is 0.416 e. The lowest BCUT2D eigenvalue weighted by molar-refractivity contribution is -0.143. The average molecular weight is 360 g/mol. The molecule has 24 heavy (non-hydrogen) atoms. The van der Waals surface area contributed by atoms with Crippen LogP contribution in [0.1, 0.15) is 56.7 Å². The van der Waals surface area contributed by atoms with Crippen molar-refractivity contribution in [1.82, 2.24) is 0 Å². The second kappa shape index (κ2) is 6.14. The molecule has 0 saturated heterocycles. The summed E-state index contributed by atoms with van der Waals surface area (Å²) < 4.78 is 46.3. The van der Waals surface area contributed by atoms with Crippen LogP contribution in [0.25, 0.3) is 0 Å². The van der Waals surface area contributed by atoms with E-state index in [1.54, 1.807) is 6.07 Å².